The number of amides is 1. The van der Waals surface area contributed by atoms with Gasteiger partial charge in [-0.25, -0.2) is 0 Å². The molecule has 6 heteroatoms. The molecule has 0 aliphatic heterocycles. The van der Waals surface area contributed by atoms with Gasteiger partial charge in [0.25, 0.3) is 0 Å². The summed E-state index contributed by atoms with van der Waals surface area (Å²) in [4.78, 5) is 22.4. The maximum absolute atomic E-state index is 11.3. The molecule has 1 amide bonds. The molecule has 0 unspecified atom stereocenters. The molecule has 78 valence electrons. The first kappa shape index (κ1) is 11.3. The van der Waals surface area contributed by atoms with Crippen LogP contribution in [0.25, 0.3) is 0 Å². The Balaban J connectivity index is 2.60. The standard InChI is InChI=1S/C8H12N2O2S2/c1-6-5-14-8(12)10(6)4-7(11)9-2-3-13/h5,13H,2-4H2,1H3,(H,9,11). The Kier molecular flexibility index (Phi) is 4.21. The van der Waals surface area contributed by atoms with Gasteiger partial charge in [-0.3, -0.25) is 14.2 Å². The number of hydrogen-bond acceptors (Lipinski definition) is 4. The van der Waals surface area contributed by atoms with E-state index in [2.05, 4.69) is 17.9 Å². The van der Waals surface area contributed by atoms with Crippen molar-refractivity contribution in [2.45, 2.75) is 13.5 Å². The zero-order valence-corrected chi connectivity index (χ0v) is 9.53. The Morgan fingerprint density at radius 3 is 2.93 bits per heavy atom. The molecule has 0 saturated heterocycles. The van der Waals surface area contributed by atoms with E-state index in [1.54, 1.807) is 5.38 Å². The van der Waals surface area contributed by atoms with Crippen LogP contribution in [0.5, 0.6) is 0 Å². The van der Waals surface area contributed by atoms with Gasteiger partial charge >= 0.3 is 4.87 Å². The number of nitrogens with zero attached hydrogens (tertiary/aromatic N) is 1. The fourth-order valence-electron chi connectivity index (χ4n) is 0.991. The molecule has 0 aromatic carbocycles. The van der Waals surface area contributed by atoms with Crippen molar-refractivity contribution < 1.29 is 4.79 Å². The average Bonchev–Trinajstić information content (AvgIpc) is 2.46. The van der Waals surface area contributed by atoms with Gasteiger partial charge in [-0.05, 0) is 6.92 Å². The lowest BCUT2D eigenvalue weighted by molar-refractivity contribution is -0.121. The fourth-order valence-corrected chi connectivity index (χ4v) is 1.84. The second-order valence-electron chi connectivity index (χ2n) is 2.80. The second kappa shape index (κ2) is 5.21. The Morgan fingerprint density at radius 1 is 1.71 bits per heavy atom. The molecule has 0 atom stereocenters. The van der Waals surface area contributed by atoms with Gasteiger partial charge in [0.2, 0.25) is 5.91 Å². The Hall–Kier alpha value is -0.750. The van der Waals surface area contributed by atoms with E-state index in [0.29, 0.717) is 12.3 Å². The Morgan fingerprint density at radius 2 is 2.43 bits per heavy atom. The maximum atomic E-state index is 11.3. The molecule has 0 radical (unpaired) electrons. The van der Waals surface area contributed by atoms with Gasteiger partial charge in [0, 0.05) is 23.4 Å². The van der Waals surface area contributed by atoms with E-state index < -0.39 is 0 Å². The lowest BCUT2D eigenvalue weighted by atomic mass is 10.5. The zero-order valence-electron chi connectivity index (χ0n) is 7.82. The third-order valence-corrected chi connectivity index (χ3v) is 2.82. The average molecular weight is 232 g/mol. The normalized spacial score (nSPS) is 10.1. The monoisotopic (exact) mass is 232 g/mol. The predicted octanol–water partition coefficient (Wildman–Crippen LogP) is 0.264. The number of thiazole rings is 1. The molecule has 1 aromatic heterocycles. The van der Waals surface area contributed by atoms with E-state index in [0.717, 1.165) is 17.0 Å². The summed E-state index contributed by atoms with van der Waals surface area (Å²) in [5.74, 6) is 0.450. The van der Waals surface area contributed by atoms with Crippen LogP contribution in [0.1, 0.15) is 5.69 Å². The van der Waals surface area contributed by atoms with Crippen LogP contribution in [-0.2, 0) is 11.3 Å². The van der Waals surface area contributed by atoms with Crippen molar-refractivity contribution in [1.29, 1.82) is 0 Å². The number of carbonyl (C=O) groups is 1. The number of nitrogens with one attached hydrogen (secondary N) is 1. The van der Waals surface area contributed by atoms with Crippen molar-refractivity contribution in [3.8, 4) is 0 Å². The lowest BCUT2D eigenvalue weighted by Crippen LogP contribution is -2.32. The lowest BCUT2D eigenvalue weighted by Gasteiger charge is -2.04. The Bertz CT molecular complexity index is 370. The van der Waals surface area contributed by atoms with Gasteiger partial charge in [0.1, 0.15) is 6.54 Å². The summed E-state index contributed by atoms with van der Waals surface area (Å²) in [6.45, 7) is 2.44. The molecular formula is C8H12N2O2S2. The van der Waals surface area contributed by atoms with Gasteiger partial charge in [0.15, 0.2) is 0 Å². The molecule has 1 rings (SSSR count). The summed E-state index contributed by atoms with van der Waals surface area (Å²) in [6.07, 6.45) is 0. The minimum absolute atomic E-state index is 0.0940. The SMILES string of the molecule is Cc1csc(=O)n1CC(=O)NCCS. The number of hydrogen-bond donors (Lipinski definition) is 2. The van der Waals surface area contributed by atoms with E-state index >= 15 is 0 Å². The molecule has 14 heavy (non-hydrogen) atoms. The Labute approximate surface area is 91.4 Å². The highest BCUT2D eigenvalue weighted by molar-refractivity contribution is 7.80. The summed E-state index contributed by atoms with van der Waals surface area (Å²) in [6, 6.07) is 0. The third-order valence-electron chi connectivity index (χ3n) is 1.71. The molecule has 0 fully saturated rings. The van der Waals surface area contributed by atoms with Crippen molar-refractivity contribution >= 4 is 29.9 Å². The quantitative estimate of drug-likeness (QED) is 0.732. The van der Waals surface area contributed by atoms with Crippen molar-refractivity contribution in [2.24, 2.45) is 0 Å². The van der Waals surface area contributed by atoms with Gasteiger partial charge in [-0.2, -0.15) is 12.6 Å². The summed E-state index contributed by atoms with van der Waals surface area (Å²) in [7, 11) is 0. The number of aromatic nitrogens is 1. The molecule has 0 aliphatic carbocycles. The second-order valence-corrected chi connectivity index (χ2v) is 4.07. The molecular weight excluding hydrogens is 220 g/mol. The number of rotatable bonds is 4. The van der Waals surface area contributed by atoms with Crippen LogP contribution in [0.4, 0.5) is 0 Å². The maximum Gasteiger partial charge on any atom is 0.307 e. The van der Waals surface area contributed by atoms with Gasteiger partial charge in [0.05, 0.1) is 0 Å². The first-order chi connectivity index (χ1) is 6.65. The van der Waals surface area contributed by atoms with Gasteiger partial charge in [-0.1, -0.05) is 11.3 Å². The van der Waals surface area contributed by atoms with E-state index in [1.807, 2.05) is 6.92 Å². The summed E-state index contributed by atoms with van der Waals surface area (Å²) >= 11 is 5.08. The van der Waals surface area contributed by atoms with E-state index in [-0.39, 0.29) is 17.3 Å². The smallest absolute Gasteiger partial charge is 0.307 e. The van der Waals surface area contributed by atoms with Crippen LogP contribution < -0.4 is 10.2 Å². The highest BCUT2D eigenvalue weighted by atomic mass is 32.1. The summed E-state index contributed by atoms with van der Waals surface area (Å²) in [5.41, 5.74) is 0.820. The summed E-state index contributed by atoms with van der Waals surface area (Å²) in [5, 5.41) is 4.40. The van der Waals surface area contributed by atoms with E-state index in [4.69, 9.17) is 0 Å². The predicted molar refractivity (Wildman–Crippen MR) is 60.2 cm³/mol. The van der Waals surface area contributed by atoms with Crippen LogP contribution in [0.3, 0.4) is 0 Å². The molecule has 0 aliphatic rings. The molecule has 4 nitrogen and oxygen atoms in total. The van der Waals surface area contributed by atoms with Crippen LogP contribution in [0, 0.1) is 6.92 Å². The van der Waals surface area contributed by atoms with Crippen LogP contribution >= 0.6 is 24.0 Å². The third kappa shape index (κ3) is 2.88. The molecule has 1 aromatic rings. The largest absolute Gasteiger partial charge is 0.354 e. The van der Waals surface area contributed by atoms with Crippen LogP contribution in [0.2, 0.25) is 0 Å². The van der Waals surface area contributed by atoms with Crippen molar-refractivity contribution in [2.75, 3.05) is 12.3 Å². The molecule has 0 spiro atoms. The van der Waals surface area contributed by atoms with Crippen molar-refractivity contribution in [1.82, 2.24) is 9.88 Å². The molecule has 0 saturated carbocycles. The van der Waals surface area contributed by atoms with E-state index in [9.17, 15) is 9.59 Å². The highest BCUT2D eigenvalue weighted by Gasteiger charge is 2.06. The topological polar surface area (TPSA) is 51.1 Å². The fraction of sp³-hybridized carbons (Fsp3) is 0.500. The molecule has 0 bridgehead atoms. The zero-order chi connectivity index (χ0) is 10.6. The first-order valence-corrected chi connectivity index (χ1v) is 5.69. The molecule has 1 N–H and O–H groups in total. The number of carbonyl (C=O) groups excluding carboxylic acids is 1. The van der Waals surface area contributed by atoms with Gasteiger partial charge < -0.3 is 5.32 Å². The van der Waals surface area contributed by atoms with Gasteiger partial charge in [-0.15, -0.1) is 0 Å². The first-order valence-electron chi connectivity index (χ1n) is 4.17. The number of thiol groups is 1. The van der Waals surface area contributed by atoms with Crippen LogP contribution in [-0.4, -0.2) is 22.8 Å². The van der Waals surface area contributed by atoms with Crippen molar-refractivity contribution in [3.05, 3.63) is 20.7 Å². The van der Waals surface area contributed by atoms with E-state index in [1.165, 1.54) is 4.57 Å². The minimum atomic E-state index is -0.150. The van der Waals surface area contributed by atoms with Crippen molar-refractivity contribution in [3.63, 3.8) is 0 Å². The molecule has 1 heterocycles. The summed E-state index contributed by atoms with van der Waals surface area (Å²) < 4.78 is 1.46. The van der Waals surface area contributed by atoms with Crippen LogP contribution in [0.15, 0.2) is 10.2 Å². The highest BCUT2D eigenvalue weighted by Crippen LogP contribution is 1.98. The number of aryl methyl sites for hydroxylation is 1. The minimum Gasteiger partial charge on any atom is -0.354 e.